The van der Waals surface area contributed by atoms with Crippen molar-refractivity contribution < 1.29 is 14.3 Å². The number of hydrogen-bond donors (Lipinski definition) is 2. The van der Waals surface area contributed by atoms with Gasteiger partial charge in [-0.05, 0) is 44.0 Å². The largest absolute Gasteiger partial charge is 0.507 e. The number of phenolic OH excluding ortho intramolecular Hbond substituents is 1. The lowest BCUT2D eigenvalue weighted by molar-refractivity contribution is 0.0926. The lowest BCUT2D eigenvalue weighted by Gasteiger charge is -2.21. The first kappa shape index (κ1) is 12.4. The molecule has 19 heavy (non-hydrogen) atoms. The number of hydrogen-bond acceptors (Lipinski definition) is 3. The molecular weight excluding hydrogens is 247 g/mol. The van der Waals surface area contributed by atoms with Gasteiger partial charge in [0, 0.05) is 18.6 Å². The third kappa shape index (κ3) is 2.30. The van der Waals surface area contributed by atoms with Gasteiger partial charge in [-0.25, -0.2) is 4.39 Å². The first-order chi connectivity index (χ1) is 9.15. The molecule has 102 valence electrons. The summed E-state index contributed by atoms with van der Waals surface area (Å²) in [5, 5.41) is 12.6. The fourth-order valence-corrected chi connectivity index (χ4v) is 3.19. The highest BCUT2D eigenvalue weighted by atomic mass is 19.1. The average Bonchev–Trinajstić information content (AvgIpc) is 2.97. The van der Waals surface area contributed by atoms with Gasteiger partial charge in [0.15, 0.2) is 0 Å². The van der Waals surface area contributed by atoms with E-state index in [1.165, 1.54) is 12.5 Å². The number of rotatable bonds is 2. The number of carbonyl (C=O) groups excluding carboxylic acids is 1. The normalized spacial score (nSPS) is 26.4. The van der Waals surface area contributed by atoms with Gasteiger partial charge >= 0.3 is 0 Å². The van der Waals surface area contributed by atoms with E-state index in [1.807, 2.05) is 0 Å². The second-order valence-corrected chi connectivity index (χ2v) is 5.28. The molecule has 0 aliphatic carbocycles. The van der Waals surface area contributed by atoms with Gasteiger partial charge in [0.2, 0.25) is 0 Å². The predicted molar refractivity (Wildman–Crippen MR) is 68.5 cm³/mol. The minimum atomic E-state index is -0.517. The van der Waals surface area contributed by atoms with Crippen molar-refractivity contribution in [2.75, 3.05) is 13.1 Å². The van der Waals surface area contributed by atoms with Gasteiger partial charge in [-0.2, -0.15) is 0 Å². The van der Waals surface area contributed by atoms with E-state index < -0.39 is 11.7 Å². The number of nitrogens with one attached hydrogen (secondary N) is 1. The summed E-state index contributed by atoms with van der Waals surface area (Å²) in [6.45, 7) is 2.10. The first-order valence-corrected chi connectivity index (χ1v) is 6.68. The van der Waals surface area contributed by atoms with Crippen molar-refractivity contribution in [1.82, 2.24) is 10.2 Å². The van der Waals surface area contributed by atoms with Crippen LogP contribution in [0, 0.1) is 5.82 Å². The molecule has 4 nitrogen and oxygen atoms in total. The Labute approximate surface area is 111 Å². The van der Waals surface area contributed by atoms with Gasteiger partial charge in [-0.3, -0.25) is 9.69 Å². The van der Waals surface area contributed by atoms with Crippen molar-refractivity contribution in [3.05, 3.63) is 29.6 Å². The zero-order chi connectivity index (χ0) is 13.4. The van der Waals surface area contributed by atoms with Crippen molar-refractivity contribution in [2.24, 2.45) is 0 Å². The summed E-state index contributed by atoms with van der Waals surface area (Å²) in [5.74, 6) is -1.09. The average molecular weight is 264 g/mol. The Kier molecular flexibility index (Phi) is 3.14. The van der Waals surface area contributed by atoms with Gasteiger partial charge in [0.1, 0.15) is 11.6 Å². The monoisotopic (exact) mass is 264 g/mol. The number of carbonyl (C=O) groups is 1. The van der Waals surface area contributed by atoms with Gasteiger partial charge < -0.3 is 10.4 Å². The number of amides is 1. The van der Waals surface area contributed by atoms with E-state index in [-0.39, 0.29) is 17.4 Å². The second kappa shape index (κ2) is 4.81. The number of aromatic hydroxyl groups is 1. The van der Waals surface area contributed by atoms with Gasteiger partial charge in [0.05, 0.1) is 5.56 Å². The van der Waals surface area contributed by atoms with Crippen LogP contribution >= 0.6 is 0 Å². The lowest BCUT2D eigenvalue weighted by atomic mass is 10.1. The summed E-state index contributed by atoms with van der Waals surface area (Å²) in [7, 11) is 0. The van der Waals surface area contributed by atoms with Crippen LogP contribution in [-0.2, 0) is 0 Å². The van der Waals surface area contributed by atoms with Crippen molar-refractivity contribution in [3.8, 4) is 5.75 Å². The van der Waals surface area contributed by atoms with Crippen LogP contribution in [0.4, 0.5) is 4.39 Å². The third-order valence-corrected chi connectivity index (χ3v) is 4.13. The third-order valence-electron chi connectivity index (χ3n) is 4.13. The van der Waals surface area contributed by atoms with Crippen LogP contribution in [-0.4, -0.2) is 41.1 Å². The number of nitrogens with zero attached hydrogens (tertiary/aromatic N) is 1. The number of fused-ring (bicyclic) bond motifs is 1. The van der Waals surface area contributed by atoms with Crippen molar-refractivity contribution in [3.63, 3.8) is 0 Å². The van der Waals surface area contributed by atoms with E-state index in [9.17, 15) is 14.3 Å². The predicted octanol–water partition coefficient (Wildman–Crippen LogP) is 1.50. The fraction of sp³-hybridized carbons (Fsp3) is 0.500. The number of phenols is 1. The molecule has 0 saturated carbocycles. The Morgan fingerprint density at radius 2 is 2.21 bits per heavy atom. The van der Waals surface area contributed by atoms with E-state index in [4.69, 9.17) is 0 Å². The molecule has 2 unspecified atom stereocenters. The summed E-state index contributed by atoms with van der Waals surface area (Å²) in [6, 6.07) is 3.94. The van der Waals surface area contributed by atoms with Crippen molar-refractivity contribution >= 4 is 5.91 Å². The van der Waals surface area contributed by atoms with E-state index in [1.54, 1.807) is 0 Å². The molecule has 0 radical (unpaired) electrons. The topological polar surface area (TPSA) is 52.6 Å². The van der Waals surface area contributed by atoms with E-state index in [0.29, 0.717) is 6.04 Å². The smallest absolute Gasteiger partial charge is 0.255 e. The summed E-state index contributed by atoms with van der Waals surface area (Å²) in [6.07, 6.45) is 3.19. The highest BCUT2D eigenvalue weighted by molar-refractivity contribution is 5.97. The zero-order valence-electron chi connectivity index (χ0n) is 10.6. The van der Waals surface area contributed by atoms with Crippen LogP contribution < -0.4 is 5.32 Å². The number of benzene rings is 1. The van der Waals surface area contributed by atoms with E-state index >= 15 is 0 Å². The first-order valence-electron chi connectivity index (χ1n) is 6.68. The summed E-state index contributed by atoms with van der Waals surface area (Å²) in [4.78, 5) is 14.5. The van der Waals surface area contributed by atoms with Crippen molar-refractivity contribution in [1.29, 1.82) is 0 Å². The molecule has 1 amide bonds. The molecule has 3 rings (SSSR count). The molecule has 2 aliphatic rings. The molecule has 2 aliphatic heterocycles. The minimum absolute atomic E-state index is 0.0106. The Morgan fingerprint density at radius 1 is 1.37 bits per heavy atom. The molecular formula is C14H17FN2O2. The molecule has 0 bridgehead atoms. The molecule has 5 heteroatoms. The SMILES string of the molecule is O=C(NC1CCN2CCCC12)c1cc(F)ccc1O. The lowest BCUT2D eigenvalue weighted by Crippen LogP contribution is -2.42. The van der Waals surface area contributed by atoms with Gasteiger partial charge in [-0.15, -0.1) is 0 Å². The molecule has 0 aromatic heterocycles. The summed E-state index contributed by atoms with van der Waals surface area (Å²) < 4.78 is 13.1. The van der Waals surface area contributed by atoms with Crippen LogP contribution in [0.25, 0.3) is 0 Å². The van der Waals surface area contributed by atoms with Crippen molar-refractivity contribution in [2.45, 2.75) is 31.3 Å². The standard InChI is InChI=1S/C14H17FN2O2/c15-9-3-4-13(18)10(8-9)14(19)16-11-5-7-17-6-1-2-12(11)17/h3-4,8,11-12,18H,1-2,5-7H2,(H,16,19). The highest BCUT2D eigenvalue weighted by Gasteiger charge is 2.38. The van der Waals surface area contributed by atoms with Crippen LogP contribution in [0.1, 0.15) is 29.6 Å². The number of halogens is 1. The molecule has 1 aromatic rings. The fourth-order valence-electron chi connectivity index (χ4n) is 3.19. The Morgan fingerprint density at radius 3 is 3.05 bits per heavy atom. The van der Waals surface area contributed by atoms with Gasteiger partial charge in [-0.1, -0.05) is 0 Å². The van der Waals surface area contributed by atoms with Crippen LogP contribution in [0.2, 0.25) is 0 Å². The molecule has 2 fully saturated rings. The van der Waals surface area contributed by atoms with Crippen LogP contribution in [0.5, 0.6) is 5.75 Å². The molecule has 1 aromatic carbocycles. The Bertz CT molecular complexity index is 506. The maximum absolute atomic E-state index is 13.1. The second-order valence-electron chi connectivity index (χ2n) is 5.28. The van der Waals surface area contributed by atoms with Crippen LogP contribution in [0.15, 0.2) is 18.2 Å². The minimum Gasteiger partial charge on any atom is -0.507 e. The quantitative estimate of drug-likeness (QED) is 0.851. The molecule has 2 atom stereocenters. The molecule has 2 saturated heterocycles. The highest BCUT2D eigenvalue weighted by Crippen LogP contribution is 2.28. The van der Waals surface area contributed by atoms with Crippen LogP contribution in [0.3, 0.4) is 0 Å². The Balaban J connectivity index is 1.73. The summed E-state index contributed by atoms with van der Waals surface area (Å²) in [5.41, 5.74) is 0.0106. The molecule has 2 heterocycles. The Hall–Kier alpha value is -1.62. The summed E-state index contributed by atoms with van der Waals surface area (Å²) >= 11 is 0. The maximum atomic E-state index is 13.1. The molecule has 0 spiro atoms. The molecule has 2 N–H and O–H groups in total. The maximum Gasteiger partial charge on any atom is 0.255 e. The van der Waals surface area contributed by atoms with Gasteiger partial charge in [0.25, 0.3) is 5.91 Å². The van der Waals surface area contributed by atoms with E-state index in [0.717, 1.165) is 38.1 Å². The van der Waals surface area contributed by atoms with E-state index in [2.05, 4.69) is 10.2 Å². The zero-order valence-corrected chi connectivity index (χ0v) is 10.6.